The number of benzene rings is 2. The first-order chi connectivity index (χ1) is 16.1. The smallest absolute Gasteiger partial charge is 0.194 e. The zero-order valence-corrected chi connectivity index (χ0v) is 22.4. The summed E-state index contributed by atoms with van der Waals surface area (Å²) in [4.78, 5) is 18.2. The number of ketones is 1. The van der Waals surface area contributed by atoms with Crippen molar-refractivity contribution in [1.82, 2.24) is 9.80 Å². The van der Waals surface area contributed by atoms with Gasteiger partial charge in [-0.25, -0.2) is 0 Å². The van der Waals surface area contributed by atoms with Crippen LogP contribution in [-0.2, 0) is 0 Å². The molecule has 0 unspecified atom stereocenters. The van der Waals surface area contributed by atoms with Gasteiger partial charge in [-0.2, -0.15) is 0 Å². The third-order valence-corrected chi connectivity index (χ3v) is 6.87. The largest absolute Gasteiger partial charge is 0.384 e. The number of nitrogens with zero attached hydrogens (tertiary/aromatic N) is 2. The summed E-state index contributed by atoms with van der Waals surface area (Å²) in [5.41, 5.74) is 5.68. The summed E-state index contributed by atoms with van der Waals surface area (Å²) in [7, 11) is 0. The minimum Gasteiger partial charge on any atom is -0.384 e. The van der Waals surface area contributed by atoms with Gasteiger partial charge in [0.2, 0.25) is 0 Å². The zero-order valence-electron chi connectivity index (χ0n) is 22.4. The summed E-state index contributed by atoms with van der Waals surface area (Å²) >= 11 is 0. The molecule has 1 aliphatic carbocycles. The van der Waals surface area contributed by atoms with Crippen molar-refractivity contribution in [2.75, 3.05) is 36.8 Å². The van der Waals surface area contributed by atoms with Gasteiger partial charge in [-0.15, -0.1) is 0 Å². The van der Waals surface area contributed by atoms with E-state index in [-0.39, 0.29) is 5.78 Å². The molecule has 1 aliphatic rings. The predicted molar refractivity (Wildman–Crippen MR) is 146 cm³/mol. The van der Waals surface area contributed by atoms with E-state index in [1.54, 1.807) is 0 Å². The molecule has 0 radical (unpaired) electrons. The van der Waals surface area contributed by atoms with E-state index in [0.717, 1.165) is 59.8 Å². The lowest BCUT2D eigenvalue weighted by atomic mass is 10.0. The van der Waals surface area contributed by atoms with Crippen LogP contribution < -0.4 is 10.6 Å². The number of hydrogen-bond acceptors (Lipinski definition) is 5. The van der Waals surface area contributed by atoms with Crippen LogP contribution in [0.4, 0.5) is 11.4 Å². The number of fused-ring (bicyclic) bond motifs is 3. The van der Waals surface area contributed by atoms with Crippen molar-refractivity contribution in [3.8, 4) is 11.1 Å². The number of carbonyl (C=O) groups is 1. The van der Waals surface area contributed by atoms with E-state index >= 15 is 0 Å². The van der Waals surface area contributed by atoms with E-state index in [1.165, 1.54) is 0 Å². The van der Waals surface area contributed by atoms with Crippen LogP contribution >= 0.6 is 0 Å². The van der Waals surface area contributed by atoms with E-state index in [4.69, 9.17) is 0 Å². The maximum Gasteiger partial charge on any atom is 0.194 e. The molecule has 0 saturated carbocycles. The fourth-order valence-corrected chi connectivity index (χ4v) is 5.18. The molecule has 2 N–H and O–H groups in total. The van der Waals surface area contributed by atoms with Crippen molar-refractivity contribution < 1.29 is 4.79 Å². The van der Waals surface area contributed by atoms with Gasteiger partial charge in [0.25, 0.3) is 0 Å². The second-order valence-electron chi connectivity index (χ2n) is 10.6. The molecule has 0 heterocycles. The first-order valence-electron chi connectivity index (χ1n) is 12.9. The third kappa shape index (κ3) is 6.00. The molecule has 34 heavy (non-hydrogen) atoms. The average Bonchev–Trinajstić information content (AvgIpc) is 3.04. The van der Waals surface area contributed by atoms with Crippen LogP contribution in [0.5, 0.6) is 0 Å². The highest BCUT2D eigenvalue weighted by Crippen LogP contribution is 2.39. The standard InChI is InChI=1S/C29H44N4O/c1-19(2)32(20(3)4)15-13-30-23-9-11-25-26-12-10-24(18-28(26)29(34)27(25)17-23)31-14-16-33(21(5)6)22(7)8/h9-12,17-22,30-31H,13-16H2,1-8H3. The second kappa shape index (κ2) is 11.4. The van der Waals surface area contributed by atoms with Crippen LogP contribution in [0.15, 0.2) is 36.4 Å². The molecule has 0 saturated heterocycles. The molecule has 186 valence electrons. The van der Waals surface area contributed by atoms with Gasteiger partial charge < -0.3 is 10.6 Å². The van der Waals surface area contributed by atoms with Crippen LogP contribution in [0.3, 0.4) is 0 Å². The Bertz CT molecular complexity index is 887. The molecule has 3 rings (SSSR count). The Labute approximate surface area is 206 Å². The SMILES string of the molecule is CC(C)N(CCNc1ccc2c(c1)C(=O)c1cc(NCCN(C(C)C)C(C)C)ccc1-2)C(C)C. The minimum absolute atomic E-state index is 0.120. The molecule has 2 aromatic carbocycles. The maximum absolute atomic E-state index is 13.2. The Morgan fingerprint density at radius 3 is 1.26 bits per heavy atom. The molecule has 0 atom stereocenters. The molecule has 0 aliphatic heterocycles. The van der Waals surface area contributed by atoms with Gasteiger partial charge in [-0.05, 0) is 90.8 Å². The van der Waals surface area contributed by atoms with Gasteiger partial charge in [0.1, 0.15) is 0 Å². The normalized spacial score (nSPS) is 13.1. The first-order valence-corrected chi connectivity index (χ1v) is 12.9. The number of nitrogens with one attached hydrogen (secondary N) is 2. The minimum atomic E-state index is 0.120. The lowest BCUT2D eigenvalue weighted by molar-refractivity contribution is 0.104. The third-order valence-electron chi connectivity index (χ3n) is 6.87. The maximum atomic E-state index is 13.2. The van der Waals surface area contributed by atoms with Crippen LogP contribution in [0.25, 0.3) is 11.1 Å². The lowest BCUT2D eigenvalue weighted by Gasteiger charge is -2.30. The van der Waals surface area contributed by atoms with Crippen molar-refractivity contribution in [3.63, 3.8) is 0 Å². The molecule has 0 fully saturated rings. The van der Waals surface area contributed by atoms with E-state index in [1.807, 2.05) is 12.1 Å². The van der Waals surface area contributed by atoms with E-state index in [0.29, 0.717) is 24.2 Å². The molecule has 0 amide bonds. The summed E-state index contributed by atoms with van der Waals surface area (Å²) in [5, 5.41) is 7.04. The molecule has 0 bridgehead atoms. The summed E-state index contributed by atoms with van der Waals surface area (Å²) in [6.07, 6.45) is 0. The Balaban J connectivity index is 1.64. The van der Waals surface area contributed by atoms with Crippen LogP contribution in [-0.4, -0.2) is 65.9 Å². The molecule has 0 aromatic heterocycles. The molecule has 0 spiro atoms. The summed E-state index contributed by atoms with van der Waals surface area (Å²) < 4.78 is 0. The number of rotatable bonds is 12. The quantitative estimate of drug-likeness (QED) is 0.346. The molecular formula is C29H44N4O. The number of carbonyl (C=O) groups excluding carboxylic acids is 1. The van der Waals surface area contributed by atoms with Crippen molar-refractivity contribution in [2.24, 2.45) is 0 Å². The van der Waals surface area contributed by atoms with Crippen LogP contribution in [0.2, 0.25) is 0 Å². The number of hydrogen-bond donors (Lipinski definition) is 2. The van der Waals surface area contributed by atoms with Gasteiger partial charge in [0, 0.05) is 72.8 Å². The Kier molecular flexibility index (Phi) is 8.78. The van der Waals surface area contributed by atoms with Gasteiger partial charge in [-0.3, -0.25) is 14.6 Å². The Morgan fingerprint density at radius 2 is 0.941 bits per heavy atom. The van der Waals surface area contributed by atoms with E-state index in [9.17, 15) is 4.79 Å². The highest BCUT2D eigenvalue weighted by Gasteiger charge is 2.27. The van der Waals surface area contributed by atoms with Crippen molar-refractivity contribution >= 4 is 17.2 Å². The highest BCUT2D eigenvalue weighted by atomic mass is 16.1. The second-order valence-corrected chi connectivity index (χ2v) is 10.6. The van der Waals surface area contributed by atoms with Gasteiger partial charge in [-0.1, -0.05) is 12.1 Å². The van der Waals surface area contributed by atoms with Gasteiger partial charge in [0.15, 0.2) is 5.78 Å². The topological polar surface area (TPSA) is 47.6 Å². The monoisotopic (exact) mass is 464 g/mol. The zero-order chi connectivity index (χ0) is 25.0. The Hall–Kier alpha value is -2.37. The highest BCUT2D eigenvalue weighted by molar-refractivity contribution is 6.22. The molecule has 5 heteroatoms. The summed E-state index contributed by atoms with van der Waals surface area (Å²) in [6, 6.07) is 14.4. The molecular weight excluding hydrogens is 420 g/mol. The predicted octanol–water partition coefficient (Wildman–Crippen LogP) is 5.96. The molecule has 5 nitrogen and oxygen atoms in total. The molecule has 2 aromatic rings. The Morgan fingerprint density at radius 1 is 0.588 bits per heavy atom. The fraction of sp³-hybridized carbons (Fsp3) is 0.552. The lowest BCUT2D eigenvalue weighted by Crippen LogP contribution is -2.40. The van der Waals surface area contributed by atoms with E-state index < -0.39 is 0 Å². The van der Waals surface area contributed by atoms with Crippen molar-refractivity contribution in [3.05, 3.63) is 47.5 Å². The van der Waals surface area contributed by atoms with Crippen molar-refractivity contribution in [2.45, 2.75) is 79.6 Å². The number of anilines is 2. The van der Waals surface area contributed by atoms with Crippen LogP contribution in [0.1, 0.15) is 71.3 Å². The average molecular weight is 465 g/mol. The van der Waals surface area contributed by atoms with E-state index in [2.05, 4.69) is 100 Å². The summed E-state index contributed by atoms with van der Waals surface area (Å²) in [6.45, 7) is 21.5. The summed E-state index contributed by atoms with van der Waals surface area (Å²) in [5.74, 6) is 0.120. The first kappa shape index (κ1) is 26.2. The fourth-order valence-electron chi connectivity index (χ4n) is 5.18. The van der Waals surface area contributed by atoms with Gasteiger partial charge >= 0.3 is 0 Å². The van der Waals surface area contributed by atoms with Crippen LogP contribution in [0, 0.1) is 0 Å². The van der Waals surface area contributed by atoms with Crippen molar-refractivity contribution in [1.29, 1.82) is 0 Å². The van der Waals surface area contributed by atoms with Gasteiger partial charge in [0.05, 0.1) is 0 Å².